The van der Waals surface area contributed by atoms with Crippen molar-refractivity contribution < 1.29 is 9.59 Å². The quantitative estimate of drug-likeness (QED) is 0.855. The average Bonchev–Trinajstić information content (AvgIpc) is 2.60. The van der Waals surface area contributed by atoms with Crippen molar-refractivity contribution in [3.8, 4) is 0 Å². The Balaban J connectivity index is 1.59. The summed E-state index contributed by atoms with van der Waals surface area (Å²) in [5, 5.41) is 2.88. The number of Topliss-reactive ketones (excluding diaryl/α,β-unsaturated/α-hetero) is 1. The molecule has 24 heavy (non-hydrogen) atoms. The molecular formula is C20H22N2O2. The number of ketones is 1. The lowest BCUT2D eigenvalue weighted by atomic mass is 10.0. The molecule has 0 spiro atoms. The fourth-order valence-electron chi connectivity index (χ4n) is 3.12. The molecular weight excluding hydrogens is 300 g/mol. The molecule has 1 amide bonds. The Morgan fingerprint density at radius 1 is 1.12 bits per heavy atom. The number of hydrogen-bond acceptors (Lipinski definition) is 3. The van der Waals surface area contributed by atoms with Crippen molar-refractivity contribution in [1.82, 2.24) is 0 Å². The smallest absolute Gasteiger partial charge is 0.226 e. The van der Waals surface area contributed by atoms with Crippen LogP contribution in [0.4, 0.5) is 11.4 Å². The number of rotatable bonds is 5. The summed E-state index contributed by atoms with van der Waals surface area (Å²) >= 11 is 0. The first-order valence-electron chi connectivity index (χ1n) is 8.37. The maximum atomic E-state index is 12.2. The van der Waals surface area contributed by atoms with Crippen LogP contribution in [0.3, 0.4) is 0 Å². The summed E-state index contributed by atoms with van der Waals surface area (Å²) in [6.45, 7) is 3.22. The number of carbonyl (C=O) groups excluding carboxylic acids is 2. The predicted molar refractivity (Wildman–Crippen MR) is 96.7 cm³/mol. The molecule has 3 rings (SSSR count). The first-order chi connectivity index (χ1) is 11.6. The van der Waals surface area contributed by atoms with Gasteiger partial charge in [0.2, 0.25) is 5.91 Å². The van der Waals surface area contributed by atoms with Gasteiger partial charge in [0.15, 0.2) is 5.78 Å². The third-order valence-electron chi connectivity index (χ3n) is 4.37. The third-order valence-corrected chi connectivity index (χ3v) is 4.37. The Bertz CT molecular complexity index is 755. The fourth-order valence-corrected chi connectivity index (χ4v) is 3.12. The van der Waals surface area contributed by atoms with Gasteiger partial charge >= 0.3 is 0 Å². The minimum Gasteiger partial charge on any atom is -0.371 e. The number of amides is 1. The number of fused-ring (bicyclic) bond motifs is 1. The monoisotopic (exact) mass is 322 g/mol. The highest BCUT2D eigenvalue weighted by molar-refractivity contribution is 5.97. The molecule has 0 unspecified atom stereocenters. The lowest BCUT2D eigenvalue weighted by Crippen LogP contribution is -2.32. The van der Waals surface area contributed by atoms with Crippen LogP contribution in [0.2, 0.25) is 0 Å². The minimum atomic E-state index is -0.0289. The van der Waals surface area contributed by atoms with Gasteiger partial charge in [0, 0.05) is 36.4 Å². The number of hydrogen-bond donors (Lipinski definition) is 1. The molecule has 0 bridgehead atoms. The van der Waals surface area contributed by atoms with E-state index in [1.165, 1.54) is 18.2 Å². The molecule has 0 atom stereocenters. The molecule has 1 heterocycles. The second-order valence-electron chi connectivity index (χ2n) is 6.15. The summed E-state index contributed by atoms with van der Waals surface area (Å²) < 4.78 is 0. The van der Waals surface area contributed by atoms with E-state index in [-0.39, 0.29) is 11.7 Å². The summed E-state index contributed by atoms with van der Waals surface area (Å²) in [5.41, 5.74) is 3.89. The summed E-state index contributed by atoms with van der Waals surface area (Å²) in [7, 11) is 0. The molecule has 0 aromatic heterocycles. The van der Waals surface area contributed by atoms with E-state index in [2.05, 4.69) is 28.4 Å². The van der Waals surface area contributed by atoms with E-state index in [9.17, 15) is 9.59 Å². The lowest BCUT2D eigenvalue weighted by molar-refractivity contribution is -0.116. The number of nitrogens with zero attached hydrogens (tertiary/aromatic N) is 1. The first-order valence-corrected chi connectivity index (χ1v) is 8.37. The van der Waals surface area contributed by atoms with E-state index < -0.39 is 0 Å². The second kappa shape index (κ2) is 7.30. The van der Waals surface area contributed by atoms with Crippen molar-refractivity contribution in [3.05, 3.63) is 59.7 Å². The average molecular weight is 322 g/mol. The van der Waals surface area contributed by atoms with Gasteiger partial charge in [-0.2, -0.15) is 0 Å². The van der Waals surface area contributed by atoms with E-state index in [1.54, 1.807) is 24.3 Å². The van der Waals surface area contributed by atoms with Crippen LogP contribution >= 0.6 is 0 Å². The summed E-state index contributed by atoms with van der Waals surface area (Å²) in [5.74, 6) is -0.0326. The third kappa shape index (κ3) is 3.82. The summed E-state index contributed by atoms with van der Waals surface area (Å²) in [6, 6.07) is 15.5. The van der Waals surface area contributed by atoms with E-state index in [4.69, 9.17) is 0 Å². The zero-order chi connectivity index (χ0) is 16.9. The number of benzene rings is 2. The van der Waals surface area contributed by atoms with Crippen molar-refractivity contribution in [1.29, 1.82) is 0 Å². The minimum absolute atomic E-state index is 0.00368. The van der Waals surface area contributed by atoms with Gasteiger partial charge in [0.05, 0.1) is 0 Å². The Hall–Kier alpha value is -2.62. The van der Waals surface area contributed by atoms with E-state index in [0.29, 0.717) is 24.2 Å². The fraction of sp³-hybridized carbons (Fsp3) is 0.300. The Labute approximate surface area is 142 Å². The topological polar surface area (TPSA) is 49.4 Å². The SMILES string of the molecule is CC(=O)c1cccc(NC(=O)CCN2CCCc3ccccc32)c1. The molecule has 1 aliphatic rings. The highest BCUT2D eigenvalue weighted by atomic mass is 16.1. The van der Waals surface area contributed by atoms with Crippen LogP contribution in [-0.4, -0.2) is 24.8 Å². The molecule has 2 aromatic carbocycles. The Morgan fingerprint density at radius 3 is 2.79 bits per heavy atom. The highest BCUT2D eigenvalue weighted by Gasteiger charge is 2.16. The maximum Gasteiger partial charge on any atom is 0.226 e. The molecule has 0 radical (unpaired) electrons. The van der Waals surface area contributed by atoms with Gasteiger partial charge in [0.25, 0.3) is 0 Å². The molecule has 0 saturated heterocycles. The predicted octanol–water partition coefficient (Wildman–Crippen LogP) is 3.67. The van der Waals surface area contributed by atoms with Gasteiger partial charge in [-0.25, -0.2) is 0 Å². The van der Waals surface area contributed by atoms with Gasteiger partial charge in [-0.05, 0) is 43.5 Å². The number of para-hydroxylation sites is 1. The van der Waals surface area contributed by atoms with E-state index >= 15 is 0 Å². The van der Waals surface area contributed by atoms with Crippen molar-refractivity contribution in [2.24, 2.45) is 0 Å². The highest BCUT2D eigenvalue weighted by Crippen LogP contribution is 2.26. The lowest BCUT2D eigenvalue weighted by Gasteiger charge is -2.31. The molecule has 1 aliphatic heterocycles. The van der Waals surface area contributed by atoms with E-state index in [1.807, 2.05) is 6.07 Å². The van der Waals surface area contributed by atoms with Gasteiger partial charge in [-0.3, -0.25) is 9.59 Å². The van der Waals surface area contributed by atoms with Crippen LogP contribution in [0.5, 0.6) is 0 Å². The van der Waals surface area contributed by atoms with Gasteiger partial charge < -0.3 is 10.2 Å². The largest absolute Gasteiger partial charge is 0.371 e. The van der Waals surface area contributed by atoms with Gasteiger partial charge in [-0.1, -0.05) is 30.3 Å². The number of aryl methyl sites for hydroxylation is 1. The standard InChI is InChI=1S/C20H22N2O2/c1-15(23)17-7-4-9-18(14-17)21-20(24)11-13-22-12-5-8-16-6-2-3-10-19(16)22/h2-4,6-7,9-10,14H,5,8,11-13H2,1H3,(H,21,24). The molecule has 124 valence electrons. The molecule has 4 heteroatoms. The number of anilines is 2. The molecule has 4 nitrogen and oxygen atoms in total. The normalized spacial score (nSPS) is 13.3. The molecule has 0 aliphatic carbocycles. The van der Waals surface area contributed by atoms with Crippen LogP contribution in [0.1, 0.15) is 35.7 Å². The zero-order valence-electron chi connectivity index (χ0n) is 13.9. The second-order valence-corrected chi connectivity index (χ2v) is 6.15. The Morgan fingerprint density at radius 2 is 1.96 bits per heavy atom. The molecule has 0 fully saturated rings. The van der Waals surface area contributed by atoms with Crippen molar-refractivity contribution in [3.63, 3.8) is 0 Å². The van der Waals surface area contributed by atoms with Crippen LogP contribution in [-0.2, 0) is 11.2 Å². The van der Waals surface area contributed by atoms with Crippen molar-refractivity contribution in [2.45, 2.75) is 26.2 Å². The maximum absolute atomic E-state index is 12.2. The zero-order valence-corrected chi connectivity index (χ0v) is 13.9. The molecule has 0 saturated carbocycles. The Kier molecular flexibility index (Phi) is 4.94. The van der Waals surface area contributed by atoms with Gasteiger partial charge in [-0.15, -0.1) is 0 Å². The summed E-state index contributed by atoms with van der Waals surface area (Å²) in [6.07, 6.45) is 2.66. The van der Waals surface area contributed by atoms with E-state index in [0.717, 1.165) is 19.4 Å². The van der Waals surface area contributed by atoms with Crippen LogP contribution in [0.15, 0.2) is 48.5 Å². The number of nitrogens with one attached hydrogen (secondary N) is 1. The van der Waals surface area contributed by atoms with Gasteiger partial charge in [0.1, 0.15) is 0 Å². The van der Waals surface area contributed by atoms with Crippen LogP contribution in [0.25, 0.3) is 0 Å². The van der Waals surface area contributed by atoms with Crippen molar-refractivity contribution >= 4 is 23.1 Å². The first kappa shape index (κ1) is 16.2. The van der Waals surface area contributed by atoms with Crippen molar-refractivity contribution in [2.75, 3.05) is 23.3 Å². The van der Waals surface area contributed by atoms with Crippen LogP contribution < -0.4 is 10.2 Å². The molecule has 1 N–H and O–H groups in total. The number of carbonyl (C=O) groups is 2. The molecule has 2 aromatic rings. The van der Waals surface area contributed by atoms with Crippen LogP contribution in [0, 0.1) is 0 Å². The summed E-state index contributed by atoms with van der Waals surface area (Å²) in [4.78, 5) is 25.9.